The van der Waals surface area contributed by atoms with Crippen molar-refractivity contribution in [1.82, 2.24) is 20.0 Å². The number of nitrogens with one attached hydrogen (secondary N) is 1. The van der Waals surface area contributed by atoms with E-state index in [0.29, 0.717) is 12.0 Å². The molecular formula is C16H30N4. The number of piperidine rings is 1. The number of hydrogen-bond acceptors (Lipinski definition) is 3. The quantitative estimate of drug-likeness (QED) is 0.779. The Kier molecular flexibility index (Phi) is 6.05. The zero-order valence-electron chi connectivity index (χ0n) is 13.3. The van der Waals surface area contributed by atoms with Crippen molar-refractivity contribution in [1.29, 1.82) is 0 Å². The van der Waals surface area contributed by atoms with E-state index in [1.807, 2.05) is 6.20 Å². The molecule has 4 nitrogen and oxygen atoms in total. The van der Waals surface area contributed by atoms with Crippen LogP contribution in [-0.4, -0.2) is 41.4 Å². The normalized spacial score (nSPS) is 24.1. The molecule has 1 aliphatic heterocycles. The molecule has 2 rings (SSSR count). The lowest BCUT2D eigenvalue weighted by Crippen LogP contribution is -2.41. The van der Waals surface area contributed by atoms with Crippen LogP contribution in [0.4, 0.5) is 0 Å². The van der Waals surface area contributed by atoms with Crippen molar-refractivity contribution in [2.75, 3.05) is 26.7 Å². The second-order valence-electron chi connectivity index (χ2n) is 6.01. The van der Waals surface area contributed by atoms with Crippen molar-refractivity contribution in [2.45, 2.75) is 52.1 Å². The molecule has 0 bridgehead atoms. The number of rotatable bonds is 7. The van der Waals surface area contributed by atoms with Crippen LogP contribution in [-0.2, 0) is 6.54 Å². The highest BCUT2D eigenvalue weighted by atomic mass is 15.3. The van der Waals surface area contributed by atoms with Crippen LogP contribution in [0.25, 0.3) is 0 Å². The van der Waals surface area contributed by atoms with Gasteiger partial charge in [-0.25, -0.2) is 0 Å². The van der Waals surface area contributed by atoms with Gasteiger partial charge in [-0.3, -0.25) is 9.58 Å². The minimum absolute atomic E-state index is 0.516. The standard InChI is InChI=1S/C16H30N4/c1-4-9-17-13-14-7-6-12-19(3)16(14)15-8-10-18-20(15)11-5-2/h8,10,14,16-17H,4-7,9,11-13H2,1-3H3. The smallest absolute Gasteiger partial charge is 0.0559 e. The SMILES string of the molecule is CCCNCC1CCCN(C)C1c1ccnn1CCC. The zero-order valence-corrected chi connectivity index (χ0v) is 13.3. The number of hydrogen-bond donors (Lipinski definition) is 1. The molecule has 0 spiro atoms. The topological polar surface area (TPSA) is 33.1 Å². The maximum Gasteiger partial charge on any atom is 0.0559 e. The van der Waals surface area contributed by atoms with Crippen LogP contribution in [0.2, 0.25) is 0 Å². The molecule has 1 aliphatic rings. The van der Waals surface area contributed by atoms with Gasteiger partial charge in [0, 0.05) is 12.7 Å². The molecule has 0 saturated carbocycles. The first kappa shape index (κ1) is 15.5. The Morgan fingerprint density at radius 1 is 1.35 bits per heavy atom. The van der Waals surface area contributed by atoms with Crippen LogP contribution in [0.3, 0.4) is 0 Å². The molecule has 4 heteroatoms. The van der Waals surface area contributed by atoms with E-state index >= 15 is 0 Å². The fourth-order valence-corrected chi connectivity index (χ4v) is 3.40. The highest BCUT2D eigenvalue weighted by Gasteiger charge is 2.32. The minimum atomic E-state index is 0.516. The van der Waals surface area contributed by atoms with Gasteiger partial charge in [0.05, 0.1) is 11.7 Å². The van der Waals surface area contributed by atoms with Gasteiger partial charge in [-0.1, -0.05) is 13.8 Å². The Balaban J connectivity index is 2.11. The molecule has 0 radical (unpaired) electrons. The van der Waals surface area contributed by atoms with E-state index in [2.05, 4.69) is 47.0 Å². The monoisotopic (exact) mass is 278 g/mol. The van der Waals surface area contributed by atoms with E-state index in [0.717, 1.165) is 26.1 Å². The molecule has 2 unspecified atom stereocenters. The molecule has 0 aromatic carbocycles. The molecule has 1 saturated heterocycles. The molecule has 1 fully saturated rings. The predicted octanol–water partition coefficient (Wildman–Crippen LogP) is 2.68. The van der Waals surface area contributed by atoms with Gasteiger partial charge in [-0.2, -0.15) is 5.10 Å². The summed E-state index contributed by atoms with van der Waals surface area (Å²) in [6.07, 6.45) is 6.95. The summed E-state index contributed by atoms with van der Waals surface area (Å²) in [5.41, 5.74) is 1.40. The van der Waals surface area contributed by atoms with Crippen LogP contribution in [0.1, 0.15) is 51.3 Å². The third kappa shape index (κ3) is 3.61. The average Bonchev–Trinajstić information content (AvgIpc) is 2.88. The molecule has 0 amide bonds. The van der Waals surface area contributed by atoms with Gasteiger partial charge in [0.2, 0.25) is 0 Å². The summed E-state index contributed by atoms with van der Waals surface area (Å²) in [4.78, 5) is 2.52. The van der Waals surface area contributed by atoms with Crippen molar-refractivity contribution in [3.63, 3.8) is 0 Å². The fourth-order valence-electron chi connectivity index (χ4n) is 3.40. The van der Waals surface area contributed by atoms with Gasteiger partial charge in [-0.05, 0) is 64.3 Å². The number of nitrogens with zero attached hydrogens (tertiary/aromatic N) is 3. The number of aromatic nitrogens is 2. The number of likely N-dealkylation sites (tertiary alicyclic amines) is 1. The van der Waals surface area contributed by atoms with Gasteiger partial charge in [-0.15, -0.1) is 0 Å². The molecule has 2 atom stereocenters. The van der Waals surface area contributed by atoms with E-state index in [1.54, 1.807) is 0 Å². The van der Waals surface area contributed by atoms with Gasteiger partial charge in [0.1, 0.15) is 0 Å². The maximum absolute atomic E-state index is 4.52. The lowest BCUT2D eigenvalue weighted by Gasteiger charge is -2.39. The molecule has 20 heavy (non-hydrogen) atoms. The molecule has 1 N–H and O–H groups in total. The summed E-state index contributed by atoms with van der Waals surface area (Å²) in [5, 5.41) is 8.13. The van der Waals surface area contributed by atoms with E-state index in [-0.39, 0.29) is 0 Å². The zero-order chi connectivity index (χ0) is 14.4. The molecule has 114 valence electrons. The lowest BCUT2D eigenvalue weighted by atomic mass is 9.87. The Morgan fingerprint density at radius 3 is 2.95 bits per heavy atom. The van der Waals surface area contributed by atoms with Gasteiger partial charge < -0.3 is 5.32 Å². The van der Waals surface area contributed by atoms with E-state index in [4.69, 9.17) is 0 Å². The fraction of sp³-hybridized carbons (Fsp3) is 0.812. The molecule has 2 heterocycles. The first-order valence-electron chi connectivity index (χ1n) is 8.20. The molecule has 0 aliphatic carbocycles. The highest BCUT2D eigenvalue weighted by molar-refractivity contribution is 5.10. The summed E-state index contributed by atoms with van der Waals surface area (Å²) in [5.74, 6) is 0.701. The van der Waals surface area contributed by atoms with Crippen molar-refractivity contribution < 1.29 is 0 Å². The Labute approximate surface area is 123 Å². The summed E-state index contributed by atoms with van der Waals surface area (Å²) in [7, 11) is 2.26. The van der Waals surface area contributed by atoms with Gasteiger partial charge in [0.25, 0.3) is 0 Å². The second kappa shape index (κ2) is 7.79. The molecule has 1 aromatic heterocycles. The van der Waals surface area contributed by atoms with Gasteiger partial charge in [0.15, 0.2) is 0 Å². The Bertz CT molecular complexity index is 388. The molecule has 1 aromatic rings. The van der Waals surface area contributed by atoms with Crippen molar-refractivity contribution >= 4 is 0 Å². The van der Waals surface area contributed by atoms with Crippen molar-refractivity contribution in [3.05, 3.63) is 18.0 Å². The molecular weight excluding hydrogens is 248 g/mol. The predicted molar refractivity (Wildman–Crippen MR) is 83.8 cm³/mol. The minimum Gasteiger partial charge on any atom is -0.316 e. The summed E-state index contributed by atoms with van der Waals surface area (Å²) >= 11 is 0. The third-order valence-electron chi connectivity index (χ3n) is 4.33. The second-order valence-corrected chi connectivity index (χ2v) is 6.01. The average molecular weight is 278 g/mol. The largest absolute Gasteiger partial charge is 0.316 e. The van der Waals surface area contributed by atoms with E-state index < -0.39 is 0 Å². The van der Waals surface area contributed by atoms with Crippen molar-refractivity contribution in [2.24, 2.45) is 5.92 Å². The summed E-state index contributed by atoms with van der Waals surface area (Å²) in [6, 6.07) is 2.73. The Hall–Kier alpha value is -0.870. The van der Waals surface area contributed by atoms with Crippen LogP contribution in [0.5, 0.6) is 0 Å². The maximum atomic E-state index is 4.52. The van der Waals surface area contributed by atoms with Gasteiger partial charge >= 0.3 is 0 Å². The van der Waals surface area contributed by atoms with Crippen LogP contribution >= 0.6 is 0 Å². The van der Waals surface area contributed by atoms with Crippen LogP contribution in [0.15, 0.2) is 12.3 Å². The van der Waals surface area contributed by atoms with E-state index in [1.165, 1.54) is 31.5 Å². The van der Waals surface area contributed by atoms with Crippen LogP contribution in [0, 0.1) is 5.92 Å². The first-order valence-corrected chi connectivity index (χ1v) is 8.20. The first-order chi connectivity index (χ1) is 9.77. The number of aryl methyl sites for hydroxylation is 1. The lowest BCUT2D eigenvalue weighted by molar-refractivity contribution is 0.112. The third-order valence-corrected chi connectivity index (χ3v) is 4.33. The van der Waals surface area contributed by atoms with Crippen molar-refractivity contribution in [3.8, 4) is 0 Å². The van der Waals surface area contributed by atoms with Crippen LogP contribution < -0.4 is 5.32 Å². The Morgan fingerprint density at radius 2 is 2.20 bits per heavy atom. The summed E-state index contributed by atoms with van der Waals surface area (Å²) < 4.78 is 2.21. The van der Waals surface area contributed by atoms with E-state index in [9.17, 15) is 0 Å². The highest BCUT2D eigenvalue weighted by Crippen LogP contribution is 2.34. The summed E-state index contributed by atoms with van der Waals surface area (Å²) in [6.45, 7) is 8.93.